The third-order valence-corrected chi connectivity index (χ3v) is 4.78. The number of hydrogen-bond acceptors (Lipinski definition) is 6. The number of morpholine rings is 1. The van der Waals surface area contributed by atoms with Crippen molar-refractivity contribution in [1.29, 1.82) is 0 Å². The van der Waals surface area contributed by atoms with Crippen LogP contribution in [-0.2, 0) is 9.53 Å². The van der Waals surface area contributed by atoms with E-state index in [-0.39, 0.29) is 17.3 Å². The number of nitro groups is 1. The molecule has 0 saturated carbocycles. The van der Waals surface area contributed by atoms with E-state index in [0.29, 0.717) is 36.7 Å². The zero-order valence-corrected chi connectivity index (χ0v) is 15.1. The summed E-state index contributed by atoms with van der Waals surface area (Å²) >= 11 is 1.26. The number of rotatable bonds is 5. The molecule has 0 bridgehead atoms. The number of carbonyl (C=O) groups excluding carboxylic acids is 2. The van der Waals surface area contributed by atoms with Gasteiger partial charge in [-0.05, 0) is 23.1 Å². The Hall–Kier alpha value is -3.04. The van der Waals surface area contributed by atoms with Crippen LogP contribution in [-0.4, -0.2) is 47.9 Å². The van der Waals surface area contributed by atoms with Gasteiger partial charge in [0.25, 0.3) is 17.5 Å². The molecule has 9 heteroatoms. The summed E-state index contributed by atoms with van der Waals surface area (Å²) in [6.07, 6.45) is 1.45. The third-order valence-electron chi connectivity index (χ3n) is 3.91. The maximum Gasteiger partial charge on any atom is 0.270 e. The molecule has 0 radical (unpaired) electrons. The van der Waals surface area contributed by atoms with Crippen LogP contribution in [0.2, 0.25) is 0 Å². The molecule has 1 aromatic carbocycles. The highest BCUT2D eigenvalue weighted by Crippen LogP contribution is 2.17. The van der Waals surface area contributed by atoms with E-state index < -0.39 is 10.8 Å². The molecule has 2 heterocycles. The van der Waals surface area contributed by atoms with Crippen LogP contribution in [0.1, 0.15) is 15.2 Å². The number of nitrogens with one attached hydrogen (secondary N) is 1. The average molecular weight is 387 g/mol. The molecule has 1 aliphatic heterocycles. The van der Waals surface area contributed by atoms with Crippen molar-refractivity contribution in [1.82, 2.24) is 10.2 Å². The Morgan fingerprint density at radius 2 is 2.00 bits per heavy atom. The second-order valence-corrected chi connectivity index (χ2v) is 6.69. The van der Waals surface area contributed by atoms with Crippen molar-refractivity contribution in [3.05, 3.63) is 68.0 Å². The highest BCUT2D eigenvalue weighted by atomic mass is 32.1. The van der Waals surface area contributed by atoms with Gasteiger partial charge in [-0.2, -0.15) is 0 Å². The molecule has 8 nitrogen and oxygen atoms in total. The molecule has 2 amide bonds. The fourth-order valence-corrected chi connectivity index (χ4v) is 3.19. The maximum atomic E-state index is 12.9. The molecule has 27 heavy (non-hydrogen) atoms. The summed E-state index contributed by atoms with van der Waals surface area (Å²) in [7, 11) is 0. The molecule has 1 N–H and O–H groups in total. The van der Waals surface area contributed by atoms with E-state index in [1.54, 1.807) is 28.5 Å². The minimum atomic E-state index is -0.509. The lowest BCUT2D eigenvalue weighted by atomic mass is 10.1. The van der Waals surface area contributed by atoms with E-state index in [4.69, 9.17) is 4.74 Å². The van der Waals surface area contributed by atoms with Gasteiger partial charge in [0.15, 0.2) is 0 Å². The Kier molecular flexibility index (Phi) is 5.94. The number of nitro benzene ring substituents is 1. The van der Waals surface area contributed by atoms with Crippen LogP contribution in [0.5, 0.6) is 0 Å². The number of carbonyl (C=O) groups is 2. The smallest absolute Gasteiger partial charge is 0.270 e. The van der Waals surface area contributed by atoms with Crippen molar-refractivity contribution in [3.8, 4) is 0 Å². The van der Waals surface area contributed by atoms with E-state index in [2.05, 4.69) is 5.32 Å². The third kappa shape index (κ3) is 4.78. The van der Waals surface area contributed by atoms with Crippen molar-refractivity contribution in [2.24, 2.45) is 0 Å². The molecule has 0 spiro atoms. The van der Waals surface area contributed by atoms with Crippen LogP contribution in [0.25, 0.3) is 6.08 Å². The Morgan fingerprint density at radius 1 is 1.22 bits per heavy atom. The number of hydrogen-bond donors (Lipinski definition) is 1. The number of benzene rings is 1. The van der Waals surface area contributed by atoms with Crippen molar-refractivity contribution in [2.45, 2.75) is 0 Å². The second kappa shape index (κ2) is 8.56. The Balaban J connectivity index is 1.90. The van der Waals surface area contributed by atoms with Crippen LogP contribution in [0.3, 0.4) is 0 Å². The molecule has 0 atom stereocenters. The number of ether oxygens (including phenoxy) is 1. The van der Waals surface area contributed by atoms with Gasteiger partial charge in [-0.15, -0.1) is 11.3 Å². The van der Waals surface area contributed by atoms with Crippen LogP contribution in [0.4, 0.5) is 5.69 Å². The minimum Gasteiger partial charge on any atom is -0.378 e. The van der Waals surface area contributed by atoms with Gasteiger partial charge in [0.05, 0.1) is 23.0 Å². The van der Waals surface area contributed by atoms with Gasteiger partial charge in [0.2, 0.25) is 0 Å². The van der Waals surface area contributed by atoms with Gasteiger partial charge >= 0.3 is 0 Å². The molecule has 3 rings (SSSR count). The van der Waals surface area contributed by atoms with Crippen LogP contribution < -0.4 is 5.32 Å². The first-order chi connectivity index (χ1) is 13.0. The van der Waals surface area contributed by atoms with Gasteiger partial charge in [-0.1, -0.05) is 18.2 Å². The van der Waals surface area contributed by atoms with Crippen LogP contribution in [0.15, 0.2) is 47.5 Å². The SMILES string of the molecule is O=C(N/C(=C/c1cccc([N+](=O)[O-])c1)C(=O)N1CCOCC1)c1cccs1. The minimum absolute atomic E-state index is 0.0656. The molecule has 1 aromatic heterocycles. The Morgan fingerprint density at radius 3 is 2.67 bits per heavy atom. The molecule has 140 valence electrons. The predicted octanol–water partition coefficient (Wildman–Crippen LogP) is 2.29. The lowest BCUT2D eigenvalue weighted by molar-refractivity contribution is -0.384. The highest BCUT2D eigenvalue weighted by Gasteiger charge is 2.23. The first-order valence-electron chi connectivity index (χ1n) is 8.22. The Bertz CT molecular complexity index is 873. The van der Waals surface area contributed by atoms with Crippen molar-refractivity contribution in [2.75, 3.05) is 26.3 Å². The number of nitrogens with zero attached hydrogens (tertiary/aromatic N) is 2. The molecule has 2 aromatic rings. The first-order valence-corrected chi connectivity index (χ1v) is 9.10. The molecule has 1 fully saturated rings. The quantitative estimate of drug-likeness (QED) is 0.482. The first kappa shape index (κ1) is 18.7. The lowest BCUT2D eigenvalue weighted by Crippen LogP contribution is -2.44. The summed E-state index contributed by atoms with van der Waals surface area (Å²) in [5.41, 5.74) is 0.426. The number of non-ortho nitro benzene ring substituents is 1. The number of thiophene rings is 1. The maximum absolute atomic E-state index is 12.9. The number of amides is 2. The zero-order chi connectivity index (χ0) is 19.2. The lowest BCUT2D eigenvalue weighted by Gasteiger charge is -2.27. The topological polar surface area (TPSA) is 102 Å². The van der Waals surface area contributed by atoms with E-state index in [1.807, 2.05) is 0 Å². The largest absolute Gasteiger partial charge is 0.378 e. The van der Waals surface area contributed by atoms with Crippen LogP contribution >= 0.6 is 11.3 Å². The normalized spacial score (nSPS) is 14.7. The summed E-state index contributed by atoms with van der Waals surface area (Å²) in [4.78, 5) is 37.8. The van der Waals surface area contributed by atoms with Crippen LogP contribution in [0, 0.1) is 10.1 Å². The van der Waals surface area contributed by atoms with Crippen molar-refractivity contribution < 1.29 is 19.2 Å². The van der Waals surface area contributed by atoms with E-state index in [1.165, 1.54) is 35.6 Å². The van der Waals surface area contributed by atoms with Gasteiger partial charge in [0.1, 0.15) is 5.70 Å². The summed E-state index contributed by atoms with van der Waals surface area (Å²) in [6, 6.07) is 9.28. The predicted molar refractivity (Wildman–Crippen MR) is 100 cm³/mol. The fraction of sp³-hybridized carbons (Fsp3) is 0.222. The fourth-order valence-electron chi connectivity index (χ4n) is 2.57. The van der Waals surface area contributed by atoms with Gasteiger partial charge in [0, 0.05) is 25.2 Å². The summed E-state index contributed by atoms with van der Waals surface area (Å²) in [5.74, 6) is -0.752. The average Bonchev–Trinajstić information content (AvgIpc) is 3.23. The van der Waals surface area contributed by atoms with Gasteiger partial charge in [-0.25, -0.2) is 0 Å². The molecule has 1 aliphatic rings. The highest BCUT2D eigenvalue weighted by molar-refractivity contribution is 7.12. The van der Waals surface area contributed by atoms with E-state index >= 15 is 0 Å². The monoisotopic (exact) mass is 387 g/mol. The molecular formula is C18H17N3O5S. The zero-order valence-electron chi connectivity index (χ0n) is 14.3. The molecular weight excluding hydrogens is 370 g/mol. The van der Waals surface area contributed by atoms with Crippen molar-refractivity contribution >= 4 is 34.9 Å². The summed E-state index contributed by atoms with van der Waals surface area (Å²) in [5, 5.41) is 15.4. The van der Waals surface area contributed by atoms with E-state index in [0.717, 1.165) is 0 Å². The summed E-state index contributed by atoms with van der Waals surface area (Å²) < 4.78 is 5.26. The molecule has 0 unspecified atom stereocenters. The van der Waals surface area contributed by atoms with Gasteiger partial charge in [-0.3, -0.25) is 19.7 Å². The summed E-state index contributed by atoms with van der Waals surface area (Å²) in [6.45, 7) is 1.68. The molecule has 0 aliphatic carbocycles. The van der Waals surface area contributed by atoms with Crippen molar-refractivity contribution in [3.63, 3.8) is 0 Å². The second-order valence-electron chi connectivity index (χ2n) is 5.75. The Labute approximate surface area is 159 Å². The molecule has 1 saturated heterocycles. The van der Waals surface area contributed by atoms with Gasteiger partial charge < -0.3 is 15.0 Å². The van der Waals surface area contributed by atoms with E-state index in [9.17, 15) is 19.7 Å². The standard InChI is InChI=1S/C18H17N3O5S/c22-17(16-5-2-10-27-16)19-15(18(23)20-6-8-26-9-7-20)12-13-3-1-4-14(11-13)21(24)25/h1-5,10-12H,6-9H2,(H,19,22)/b15-12+.